The molecular weight excluding hydrogens is 282 g/mol. The van der Waals surface area contributed by atoms with Crippen LogP contribution >= 0.6 is 0 Å². The highest BCUT2D eigenvalue weighted by Crippen LogP contribution is 2.54. The van der Waals surface area contributed by atoms with E-state index in [2.05, 4.69) is 55.2 Å². The Labute approximate surface area is 138 Å². The Hall–Kier alpha value is -1.67. The molecule has 0 saturated carbocycles. The van der Waals surface area contributed by atoms with E-state index in [-0.39, 0.29) is 11.2 Å². The second kappa shape index (κ2) is 5.45. The number of ketones is 1. The predicted octanol–water partition coefficient (Wildman–Crippen LogP) is 4.13. The molecule has 0 N–H and O–H groups in total. The van der Waals surface area contributed by atoms with E-state index in [0.717, 1.165) is 25.9 Å². The van der Waals surface area contributed by atoms with Crippen molar-refractivity contribution in [3.63, 3.8) is 0 Å². The SMILES string of the molecule is CC1C2CC3=C(CC(=O)C=C3)C1(C)CCN2Cc1ccccc1. The van der Waals surface area contributed by atoms with E-state index in [9.17, 15) is 4.79 Å². The molecule has 3 atom stereocenters. The first-order valence-corrected chi connectivity index (χ1v) is 8.79. The van der Waals surface area contributed by atoms with E-state index in [1.54, 1.807) is 6.08 Å². The molecule has 1 saturated heterocycles. The highest BCUT2D eigenvalue weighted by atomic mass is 16.1. The lowest BCUT2D eigenvalue weighted by atomic mass is 9.57. The summed E-state index contributed by atoms with van der Waals surface area (Å²) in [5.74, 6) is 0.889. The molecular formula is C21H25NO. The van der Waals surface area contributed by atoms with Crippen LogP contribution < -0.4 is 0 Å². The third-order valence-corrected chi connectivity index (χ3v) is 6.53. The third kappa shape index (κ3) is 2.40. The van der Waals surface area contributed by atoms with Crippen molar-refractivity contribution in [3.8, 4) is 0 Å². The van der Waals surface area contributed by atoms with Gasteiger partial charge in [0, 0.05) is 19.0 Å². The number of piperidine rings is 1. The molecule has 1 aromatic carbocycles. The van der Waals surface area contributed by atoms with E-state index in [4.69, 9.17) is 0 Å². The van der Waals surface area contributed by atoms with Crippen LogP contribution in [0.15, 0.2) is 53.6 Å². The summed E-state index contributed by atoms with van der Waals surface area (Å²) in [5.41, 5.74) is 4.48. The van der Waals surface area contributed by atoms with Gasteiger partial charge in [-0.1, -0.05) is 55.8 Å². The molecule has 2 aliphatic carbocycles. The summed E-state index contributed by atoms with van der Waals surface area (Å²) in [4.78, 5) is 14.6. The Morgan fingerprint density at radius 3 is 2.78 bits per heavy atom. The molecule has 120 valence electrons. The zero-order valence-electron chi connectivity index (χ0n) is 14.1. The molecule has 2 nitrogen and oxygen atoms in total. The predicted molar refractivity (Wildman–Crippen MR) is 92.9 cm³/mol. The highest BCUT2D eigenvalue weighted by molar-refractivity contribution is 5.94. The molecule has 0 spiro atoms. The van der Waals surface area contributed by atoms with Gasteiger partial charge in [-0.3, -0.25) is 9.69 Å². The van der Waals surface area contributed by atoms with Crippen molar-refractivity contribution < 1.29 is 4.79 Å². The van der Waals surface area contributed by atoms with Gasteiger partial charge in [0.25, 0.3) is 0 Å². The lowest BCUT2D eigenvalue weighted by molar-refractivity contribution is -0.114. The van der Waals surface area contributed by atoms with Gasteiger partial charge in [0.15, 0.2) is 5.78 Å². The molecule has 1 aromatic rings. The largest absolute Gasteiger partial charge is 0.295 e. The lowest BCUT2D eigenvalue weighted by Gasteiger charge is -2.55. The number of hydrogen-bond acceptors (Lipinski definition) is 2. The fraction of sp³-hybridized carbons (Fsp3) is 0.476. The first-order valence-electron chi connectivity index (χ1n) is 8.79. The Balaban J connectivity index is 1.64. The minimum atomic E-state index is 0.200. The summed E-state index contributed by atoms with van der Waals surface area (Å²) in [6.45, 7) is 6.96. The zero-order chi connectivity index (χ0) is 16.0. The lowest BCUT2D eigenvalue weighted by Crippen LogP contribution is -2.55. The van der Waals surface area contributed by atoms with Crippen molar-refractivity contribution in [2.24, 2.45) is 11.3 Å². The molecule has 23 heavy (non-hydrogen) atoms. The third-order valence-electron chi connectivity index (χ3n) is 6.53. The zero-order valence-corrected chi connectivity index (χ0v) is 14.1. The van der Waals surface area contributed by atoms with Crippen LogP contribution in [-0.2, 0) is 11.3 Å². The molecule has 1 fully saturated rings. The number of likely N-dealkylation sites (tertiary alicyclic amines) is 1. The Morgan fingerprint density at radius 1 is 1.22 bits per heavy atom. The van der Waals surface area contributed by atoms with Crippen LogP contribution in [0.1, 0.15) is 38.7 Å². The first-order chi connectivity index (χ1) is 11.1. The van der Waals surface area contributed by atoms with Crippen LogP contribution in [0.5, 0.6) is 0 Å². The Morgan fingerprint density at radius 2 is 2.00 bits per heavy atom. The van der Waals surface area contributed by atoms with Gasteiger partial charge in [-0.25, -0.2) is 0 Å². The van der Waals surface area contributed by atoms with Crippen LogP contribution in [0, 0.1) is 11.3 Å². The molecule has 3 aliphatic rings. The van der Waals surface area contributed by atoms with E-state index in [0.29, 0.717) is 18.4 Å². The van der Waals surface area contributed by atoms with E-state index >= 15 is 0 Å². The number of fused-ring (bicyclic) bond motifs is 3. The second-order valence-corrected chi connectivity index (χ2v) is 7.66. The summed E-state index contributed by atoms with van der Waals surface area (Å²) >= 11 is 0. The number of rotatable bonds is 2. The minimum absolute atomic E-state index is 0.200. The van der Waals surface area contributed by atoms with Crippen molar-refractivity contribution in [3.05, 3.63) is 59.2 Å². The summed E-state index contributed by atoms with van der Waals surface area (Å²) in [6.07, 6.45) is 6.80. The van der Waals surface area contributed by atoms with Gasteiger partial charge in [-0.05, 0) is 47.9 Å². The molecule has 3 unspecified atom stereocenters. The molecule has 1 heterocycles. The Bertz CT molecular complexity index is 687. The van der Waals surface area contributed by atoms with Crippen LogP contribution in [0.2, 0.25) is 0 Å². The molecule has 2 bridgehead atoms. The number of benzene rings is 1. The number of carbonyl (C=O) groups is 1. The second-order valence-electron chi connectivity index (χ2n) is 7.66. The fourth-order valence-electron chi connectivity index (χ4n) is 4.88. The normalized spacial score (nSPS) is 33.7. The first kappa shape index (κ1) is 14.9. The number of allylic oxidation sites excluding steroid dienone is 3. The highest BCUT2D eigenvalue weighted by Gasteiger charge is 2.49. The fourth-order valence-corrected chi connectivity index (χ4v) is 4.88. The van der Waals surface area contributed by atoms with Gasteiger partial charge < -0.3 is 0 Å². The van der Waals surface area contributed by atoms with E-state index in [1.165, 1.54) is 16.7 Å². The topological polar surface area (TPSA) is 20.3 Å². The summed E-state index contributed by atoms with van der Waals surface area (Å²) in [6, 6.07) is 11.4. The number of hydrogen-bond donors (Lipinski definition) is 0. The number of nitrogens with zero attached hydrogens (tertiary/aromatic N) is 1. The van der Waals surface area contributed by atoms with E-state index < -0.39 is 0 Å². The van der Waals surface area contributed by atoms with Crippen molar-refractivity contribution in [2.45, 2.75) is 45.7 Å². The van der Waals surface area contributed by atoms with Gasteiger partial charge in [0.2, 0.25) is 0 Å². The van der Waals surface area contributed by atoms with Gasteiger partial charge in [-0.2, -0.15) is 0 Å². The smallest absolute Gasteiger partial charge is 0.159 e. The van der Waals surface area contributed by atoms with E-state index in [1.807, 2.05) is 0 Å². The van der Waals surface area contributed by atoms with Crippen LogP contribution in [0.25, 0.3) is 0 Å². The summed E-state index contributed by atoms with van der Waals surface area (Å²) < 4.78 is 0. The van der Waals surface area contributed by atoms with Crippen LogP contribution in [0.3, 0.4) is 0 Å². The van der Waals surface area contributed by atoms with Crippen molar-refractivity contribution in [1.29, 1.82) is 0 Å². The van der Waals surface area contributed by atoms with Crippen molar-refractivity contribution >= 4 is 5.78 Å². The van der Waals surface area contributed by atoms with Gasteiger partial charge in [-0.15, -0.1) is 0 Å². The summed E-state index contributed by atoms with van der Waals surface area (Å²) in [7, 11) is 0. The average molecular weight is 307 g/mol. The van der Waals surface area contributed by atoms with Crippen LogP contribution in [0.4, 0.5) is 0 Å². The molecule has 4 rings (SSSR count). The quantitative estimate of drug-likeness (QED) is 0.818. The minimum Gasteiger partial charge on any atom is -0.295 e. The summed E-state index contributed by atoms with van der Waals surface area (Å²) in [5, 5.41) is 0. The Kier molecular flexibility index (Phi) is 3.53. The number of carbonyl (C=O) groups excluding carboxylic acids is 1. The van der Waals surface area contributed by atoms with Gasteiger partial charge in [0.1, 0.15) is 0 Å². The van der Waals surface area contributed by atoms with Gasteiger partial charge in [0.05, 0.1) is 0 Å². The maximum Gasteiger partial charge on any atom is 0.159 e. The molecule has 0 amide bonds. The van der Waals surface area contributed by atoms with Crippen molar-refractivity contribution in [1.82, 2.24) is 4.90 Å². The van der Waals surface area contributed by atoms with Gasteiger partial charge >= 0.3 is 0 Å². The maximum atomic E-state index is 11.9. The standard InChI is InChI=1S/C21H25NO/c1-15-20-12-17-8-9-18(23)13-19(17)21(15,2)10-11-22(20)14-16-6-4-3-5-7-16/h3-9,15,20H,10-14H2,1-2H3. The molecule has 2 heteroatoms. The monoisotopic (exact) mass is 307 g/mol. The molecule has 0 aromatic heterocycles. The van der Waals surface area contributed by atoms with Crippen molar-refractivity contribution in [2.75, 3.05) is 6.54 Å². The molecule has 0 radical (unpaired) electrons. The molecule has 1 aliphatic heterocycles. The average Bonchev–Trinajstić information content (AvgIpc) is 2.55. The van der Waals surface area contributed by atoms with Crippen LogP contribution in [-0.4, -0.2) is 23.3 Å². The maximum absolute atomic E-state index is 11.9.